The van der Waals surface area contributed by atoms with E-state index in [1.165, 1.54) is 19.9 Å². The first-order valence-electron chi connectivity index (χ1n) is 21.1. The average Bonchev–Trinajstić information content (AvgIpc) is 3.58. The molecule has 4 fully saturated rings. The Morgan fingerprint density at radius 2 is 1.79 bits per heavy atom. The van der Waals surface area contributed by atoms with Crippen LogP contribution in [0.25, 0.3) is 21.9 Å². The Labute approximate surface area is 357 Å². The van der Waals surface area contributed by atoms with Gasteiger partial charge in [0.2, 0.25) is 17.8 Å². The Morgan fingerprint density at radius 3 is 2.51 bits per heavy atom. The second-order valence-electron chi connectivity index (χ2n) is 17.1. The Hall–Kier alpha value is -5.81. The summed E-state index contributed by atoms with van der Waals surface area (Å²) in [5, 5.41) is 15.1. The minimum absolute atomic E-state index is 0.0637. The van der Waals surface area contributed by atoms with Gasteiger partial charge >= 0.3 is 0 Å². The van der Waals surface area contributed by atoms with Crippen LogP contribution in [0.2, 0.25) is 5.02 Å². The Morgan fingerprint density at radius 1 is 1.02 bits per heavy atom. The lowest BCUT2D eigenvalue weighted by molar-refractivity contribution is -0.134. The third kappa shape index (κ3) is 7.73. The number of para-hydroxylation sites is 1. The summed E-state index contributed by atoms with van der Waals surface area (Å²) in [4.78, 5) is 71.0. The molecule has 1 unspecified atom stereocenters. The van der Waals surface area contributed by atoms with E-state index in [2.05, 4.69) is 52.8 Å². The molecular weight excluding hydrogens is 800 g/mol. The molecule has 61 heavy (non-hydrogen) atoms. The van der Waals surface area contributed by atoms with Crippen molar-refractivity contribution in [2.45, 2.75) is 70.4 Å². The number of likely N-dealkylation sites (N-methyl/N-ethyl adjacent to an activating group) is 1. The van der Waals surface area contributed by atoms with E-state index in [4.69, 9.17) is 26.4 Å². The molecule has 3 saturated heterocycles. The number of anilines is 4. The number of ether oxygens (including phenoxy) is 1. The number of benzene rings is 1. The maximum atomic E-state index is 13.2. The second-order valence-corrected chi connectivity index (χ2v) is 17.5. The number of amides is 3. The molecule has 0 bridgehead atoms. The van der Waals surface area contributed by atoms with Crippen LogP contribution in [0, 0.1) is 5.41 Å². The summed E-state index contributed by atoms with van der Waals surface area (Å²) in [6.45, 7) is 9.05. The number of hydrogen-bond donors (Lipinski definition) is 3. The zero-order valence-electron chi connectivity index (χ0n) is 34.9. The molecule has 1 aliphatic carbocycles. The number of piperidine rings is 2. The van der Waals surface area contributed by atoms with E-state index in [9.17, 15) is 19.2 Å². The van der Waals surface area contributed by atoms with Gasteiger partial charge in [0.25, 0.3) is 11.5 Å². The number of halogens is 1. The normalized spacial score (nSPS) is 19.7. The number of nitrogens with one attached hydrogen (secondary N) is 3. The van der Waals surface area contributed by atoms with Crippen LogP contribution >= 0.6 is 11.6 Å². The maximum Gasteiger partial charge on any atom is 0.294 e. The van der Waals surface area contributed by atoms with Gasteiger partial charge in [-0.3, -0.25) is 38.6 Å². The summed E-state index contributed by atoms with van der Waals surface area (Å²) in [5.74, 6) is -0.105. The van der Waals surface area contributed by atoms with Gasteiger partial charge in [0, 0.05) is 82.6 Å². The van der Waals surface area contributed by atoms with Gasteiger partial charge in [0.1, 0.15) is 10.7 Å². The fourth-order valence-corrected chi connectivity index (χ4v) is 9.87. The van der Waals surface area contributed by atoms with Crippen LogP contribution in [-0.4, -0.2) is 111 Å². The van der Waals surface area contributed by atoms with Crippen LogP contribution in [0.4, 0.5) is 23.1 Å². The third-order valence-corrected chi connectivity index (χ3v) is 13.3. The summed E-state index contributed by atoms with van der Waals surface area (Å²) in [7, 11) is 3.45. The van der Waals surface area contributed by atoms with Gasteiger partial charge in [0.05, 0.1) is 40.9 Å². The topological polar surface area (TPSA) is 185 Å². The van der Waals surface area contributed by atoms with Crippen LogP contribution in [-0.2, 0) is 21.4 Å². The summed E-state index contributed by atoms with van der Waals surface area (Å²) >= 11 is 6.62. The fraction of sp³-hybridized carbons (Fsp3) is 0.488. The van der Waals surface area contributed by atoms with Crippen molar-refractivity contribution < 1.29 is 19.1 Å². The van der Waals surface area contributed by atoms with Gasteiger partial charge in [-0.2, -0.15) is 10.1 Å². The predicted molar refractivity (Wildman–Crippen MR) is 233 cm³/mol. The number of imide groups is 1. The highest BCUT2D eigenvalue weighted by molar-refractivity contribution is 6.33. The molecule has 5 aromatic rings. The van der Waals surface area contributed by atoms with Crippen molar-refractivity contribution in [1.82, 2.24) is 44.8 Å². The fourth-order valence-electron chi connectivity index (χ4n) is 9.73. The first-order chi connectivity index (χ1) is 29.4. The number of carbonyl (C=O) groups is 3. The van der Waals surface area contributed by atoms with Gasteiger partial charge in [-0.25, -0.2) is 9.97 Å². The van der Waals surface area contributed by atoms with Crippen molar-refractivity contribution in [2.24, 2.45) is 12.5 Å². The van der Waals surface area contributed by atoms with Gasteiger partial charge < -0.3 is 25.2 Å². The number of nitrogens with zero attached hydrogens (tertiary/aromatic N) is 9. The first kappa shape index (κ1) is 40.6. The molecule has 0 radical (unpaired) electrons. The molecule has 320 valence electrons. The number of pyridine rings is 2. The highest BCUT2D eigenvalue weighted by Gasteiger charge is 2.48. The Kier molecular flexibility index (Phi) is 10.8. The molecule has 18 heteroatoms. The number of aromatic nitrogens is 6. The van der Waals surface area contributed by atoms with E-state index in [0.717, 1.165) is 74.4 Å². The predicted octanol–water partition coefficient (Wildman–Crippen LogP) is 4.27. The third-order valence-electron chi connectivity index (χ3n) is 13.0. The van der Waals surface area contributed by atoms with E-state index in [1.807, 2.05) is 37.7 Å². The number of carbonyl (C=O) groups excluding carboxylic acids is 3. The second kappa shape index (κ2) is 16.2. The van der Waals surface area contributed by atoms with Gasteiger partial charge in [-0.1, -0.05) is 23.7 Å². The van der Waals surface area contributed by atoms with Crippen molar-refractivity contribution in [3.63, 3.8) is 0 Å². The molecule has 1 spiro atoms. The molecule has 1 atom stereocenters. The number of piperazine rings is 1. The van der Waals surface area contributed by atoms with Gasteiger partial charge in [-0.15, -0.1) is 0 Å². The van der Waals surface area contributed by atoms with E-state index < -0.39 is 5.92 Å². The zero-order chi connectivity index (χ0) is 42.6. The van der Waals surface area contributed by atoms with Crippen molar-refractivity contribution in [3.8, 4) is 5.75 Å². The summed E-state index contributed by atoms with van der Waals surface area (Å²) in [6, 6.07) is 10.1. The van der Waals surface area contributed by atoms with Crippen LogP contribution < -0.4 is 36.0 Å². The SMILES string of the molecule is CNC(=O)COc1cc2cc(Nc3nc(N4CCC5(CC4)CC(N4CCN(c6cccc7c(C8CCC(=O)NC8=O)nn(C)c67)CC4)C5)ncc3Cl)cnc2n(C(C)C)c1=O. The molecule has 3 aliphatic heterocycles. The van der Waals surface area contributed by atoms with E-state index in [0.29, 0.717) is 57.8 Å². The molecule has 9 rings (SSSR count). The summed E-state index contributed by atoms with van der Waals surface area (Å²) in [6.07, 6.45) is 8.61. The standard InChI is InChI=1S/C43H51ClN12O5/c1-25(2)56-39-26(19-33(41(56)60)61-24-35(58)45-3)18-27(22-46-39)48-38-31(44)23-47-42(50-38)55-12-10-43(11-13-55)20-28(21-43)53-14-16-54(17-15-53)32-7-5-6-29-36(51-52(4)37(29)32)30-8-9-34(57)49-40(30)59/h5-7,18-19,22-23,25,28,30H,8-17,20-21,24H2,1-4H3,(H,45,58)(H,47,48,50)(H,49,57,59). The first-order valence-corrected chi connectivity index (χ1v) is 21.5. The Bertz CT molecular complexity index is 2590. The van der Waals surface area contributed by atoms with Crippen LogP contribution in [0.15, 0.2) is 47.5 Å². The molecular formula is C43H51ClN12O5. The number of aryl methyl sites for hydroxylation is 1. The monoisotopic (exact) mass is 850 g/mol. The largest absolute Gasteiger partial charge is 0.478 e. The van der Waals surface area contributed by atoms with Crippen LogP contribution in [0.5, 0.6) is 5.75 Å². The summed E-state index contributed by atoms with van der Waals surface area (Å²) in [5.41, 5.74) is 4.00. The molecule has 3 amide bonds. The number of fused-ring (bicyclic) bond motifs is 2. The molecule has 4 aromatic heterocycles. The molecule has 7 heterocycles. The van der Waals surface area contributed by atoms with Gasteiger partial charge in [0.15, 0.2) is 18.2 Å². The lowest BCUT2D eigenvalue weighted by atomic mass is 9.60. The molecule has 1 aromatic carbocycles. The van der Waals surface area contributed by atoms with Gasteiger partial charge in [-0.05, 0) is 69.6 Å². The Balaban J connectivity index is 0.809. The quantitative estimate of drug-likeness (QED) is 0.170. The molecule has 4 aliphatic rings. The highest BCUT2D eigenvalue weighted by Crippen LogP contribution is 2.51. The minimum atomic E-state index is -0.423. The minimum Gasteiger partial charge on any atom is -0.478 e. The highest BCUT2D eigenvalue weighted by atomic mass is 35.5. The maximum absolute atomic E-state index is 13.2. The lowest BCUT2D eigenvalue weighted by Crippen LogP contribution is -2.59. The smallest absolute Gasteiger partial charge is 0.294 e. The van der Waals surface area contributed by atoms with E-state index in [1.54, 1.807) is 23.0 Å². The van der Waals surface area contributed by atoms with Crippen LogP contribution in [0.1, 0.15) is 70.0 Å². The van der Waals surface area contributed by atoms with Crippen molar-refractivity contribution in [1.29, 1.82) is 0 Å². The molecule has 1 saturated carbocycles. The lowest BCUT2D eigenvalue weighted by Gasteiger charge is -2.56. The number of hydrogen-bond acceptors (Lipinski definition) is 13. The van der Waals surface area contributed by atoms with Crippen molar-refractivity contribution >= 4 is 74.4 Å². The number of rotatable bonds is 10. The zero-order valence-corrected chi connectivity index (χ0v) is 35.7. The van der Waals surface area contributed by atoms with Crippen molar-refractivity contribution in [3.05, 3.63) is 63.8 Å². The van der Waals surface area contributed by atoms with E-state index >= 15 is 0 Å². The average molecular weight is 851 g/mol. The molecule has 3 N–H and O–H groups in total. The molecule has 17 nitrogen and oxygen atoms in total. The summed E-state index contributed by atoms with van der Waals surface area (Å²) < 4.78 is 9.05. The van der Waals surface area contributed by atoms with Crippen molar-refractivity contribution in [2.75, 3.05) is 68.0 Å². The van der Waals surface area contributed by atoms with E-state index in [-0.39, 0.29) is 41.7 Å². The van der Waals surface area contributed by atoms with Crippen LogP contribution in [0.3, 0.4) is 0 Å².